The van der Waals surface area contributed by atoms with Crippen molar-refractivity contribution in [3.63, 3.8) is 0 Å². The average molecular weight is 507 g/mol. The number of thiocarbonyl (C=S) groups is 1. The number of nitrogens with one attached hydrogen (secondary N) is 1. The topological polar surface area (TPSA) is 42.3 Å². The van der Waals surface area contributed by atoms with E-state index in [1.54, 1.807) is 18.3 Å². The fourth-order valence-electron chi connectivity index (χ4n) is 4.40. The van der Waals surface area contributed by atoms with Gasteiger partial charge in [0.15, 0.2) is 5.11 Å². The summed E-state index contributed by atoms with van der Waals surface area (Å²) in [7, 11) is 0. The highest BCUT2D eigenvalue weighted by atomic mass is 35.5. The standard InChI is InChI=1S/C27H24ClFN4OS/c1-17(2)34-20-11-8-18(9-12-20)33-26(25(31-27(33)35)23-6-3-4-14-30-23)24-7-5-15-32(24)19-10-13-22(29)21(28)16-19/h3-17,25-26H,1-2H3,(H,31,35)/t25-,26-/m1/s1. The Balaban J connectivity index is 1.61. The van der Waals surface area contributed by atoms with Crippen LogP contribution in [0.4, 0.5) is 10.1 Å². The Morgan fingerprint density at radius 1 is 1.03 bits per heavy atom. The van der Waals surface area contributed by atoms with E-state index in [1.165, 1.54) is 6.07 Å². The first-order valence-corrected chi connectivity index (χ1v) is 12.1. The first kappa shape index (κ1) is 23.3. The van der Waals surface area contributed by atoms with Gasteiger partial charge in [0, 0.05) is 29.5 Å². The van der Waals surface area contributed by atoms with Gasteiger partial charge in [0.2, 0.25) is 0 Å². The minimum atomic E-state index is -0.454. The maximum Gasteiger partial charge on any atom is 0.174 e. The van der Waals surface area contributed by atoms with Crippen molar-refractivity contribution in [3.05, 3.63) is 107 Å². The van der Waals surface area contributed by atoms with Crippen molar-refractivity contribution in [2.75, 3.05) is 4.90 Å². The number of hydrogen-bond acceptors (Lipinski definition) is 3. The monoisotopic (exact) mass is 506 g/mol. The fraction of sp³-hybridized carbons (Fsp3) is 0.185. The molecule has 2 aromatic carbocycles. The van der Waals surface area contributed by atoms with Crippen molar-refractivity contribution in [3.8, 4) is 11.4 Å². The highest BCUT2D eigenvalue weighted by Gasteiger charge is 2.42. The summed E-state index contributed by atoms with van der Waals surface area (Å²) in [5, 5.41) is 4.13. The van der Waals surface area contributed by atoms with Crippen LogP contribution < -0.4 is 15.0 Å². The summed E-state index contributed by atoms with van der Waals surface area (Å²) in [6.45, 7) is 3.99. The Kier molecular flexibility index (Phi) is 6.45. The number of pyridine rings is 1. The van der Waals surface area contributed by atoms with Crippen LogP contribution in [0.3, 0.4) is 0 Å². The zero-order valence-electron chi connectivity index (χ0n) is 19.2. The molecular formula is C27H24ClFN4OS. The van der Waals surface area contributed by atoms with Crippen LogP contribution in [-0.2, 0) is 0 Å². The lowest BCUT2D eigenvalue weighted by Crippen LogP contribution is -2.30. The molecule has 1 N–H and O–H groups in total. The smallest absolute Gasteiger partial charge is 0.174 e. The van der Waals surface area contributed by atoms with Gasteiger partial charge in [0.05, 0.1) is 22.9 Å². The number of ether oxygens (including phenoxy) is 1. The third kappa shape index (κ3) is 4.61. The average Bonchev–Trinajstić information content (AvgIpc) is 3.46. The van der Waals surface area contributed by atoms with Crippen LogP contribution in [0.25, 0.3) is 5.69 Å². The van der Waals surface area contributed by atoms with Gasteiger partial charge in [0.1, 0.15) is 17.6 Å². The molecule has 0 amide bonds. The van der Waals surface area contributed by atoms with Gasteiger partial charge in [-0.2, -0.15) is 0 Å². The van der Waals surface area contributed by atoms with E-state index in [-0.39, 0.29) is 23.2 Å². The third-order valence-corrected chi connectivity index (χ3v) is 6.45. The lowest BCUT2D eigenvalue weighted by atomic mass is 10.0. The molecule has 8 heteroatoms. The highest BCUT2D eigenvalue weighted by molar-refractivity contribution is 7.80. The Labute approximate surface area is 214 Å². The molecule has 0 saturated carbocycles. The molecule has 2 atom stereocenters. The molecule has 0 spiro atoms. The molecule has 2 aromatic heterocycles. The lowest BCUT2D eigenvalue weighted by molar-refractivity contribution is 0.242. The van der Waals surface area contributed by atoms with E-state index in [0.29, 0.717) is 5.11 Å². The maximum absolute atomic E-state index is 13.9. The Bertz CT molecular complexity index is 1340. The molecule has 4 aromatic rings. The second kappa shape index (κ2) is 9.68. The van der Waals surface area contributed by atoms with Gasteiger partial charge in [-0.3, -0.25) is 4.98 Å². The molecule has 1 aliphatic rings. The van der Waals surface area contributed by atoms with Crippen molar-refractivity contribution < 1.29 is 9.13 Å². The van der Waals surface area contributed by atoms with E-state index in [2.05, 4.69) is 15.2 Å². The van der Waals surface area contributed by atoms with Crippen molar-refractivity contribution in [2.45, 2.75) is 32.0 Å². The van der Waals surface area contributed by atoms with Crippen LogP contribution in [0.15, 0.2) is 85.2 Å². The summed E-state index contributed by atoms with van der Waals surface area (Å²) in [6, 6.07) is 22.0. The molecule has 178 valence electrons. The van der Waals surface area contributed by atoms with E-state index >= 15 is 0 Å². The van der Waals surface area contributed by atoms with E-state index in [1.807, 2.05) is 79.2 Å². The molecule has 1 aliphatic heterocycles. The lowest BCUT2D eigenvalue weighted by Gasteiger charge is -2.29. The zero-order valence-corrected chi connectivity index (χ0v) is 20.8. The molecule has 0 unspecified atom stereocenters. The van der Waals surface area contributed by atoms with E-state index in [0.717, 1.165) is 28.5 Å². The van der Waals surface area contributed by atoms with E-state index < -0.39 is 5.82 Å². The predicted molar refractivity (Wildman–Crippen MR) is 141 cm³/mol. The first-order chi connectivity index (χ1) is 16.9. The summed E-state index contributed by atoms with van der Waals surface area (Å²) in [6.07, 6.45) is 3.80. The molecule has 5 nitrogen and oxygen atoms in total. The van der Waals surface area contributed by atoms with Gasteiger partial charge >= 0.3 is 0 Å². The molecule has 1 fully saturated rings. The van der Waals surface area contributed by atoms with Crippen LogP contribution in [0.2, 0.25) is 5.02 Å². The number of halogens is 2. The first-order valence-electron chi connectivity index (χ1n) is 11.3. The van der Waals surface area contributed by atoms with Crippen molar-refractivity contribution in [2.24, 2.45) is 0 Å². The number of anilines is 1. The number of hydrogen-bond donors (Lipinski definition) is 1. The highest BCUT2D eigenvalue weighted by Crippen LogP contribution is 2.42. The zero-order chi connectivity index (χ0) is 24.5. The summed E-state index contributed by atoms with van der Waals surface area (Å²) in [4.78, 5) is 6.70. The van der Waals surface area contributed by atoms with E-state index in [4.69, 9.17) is 28.6 Å². The van der Waals surface area contributed by atoms with Crippen LogP contribution in [0, 0.1) is 5.82 Å². The Morgan fingerprint density at radius 3 is 2.49 bits per heavy atom. The van der Waals surface area contributed by atoms with Crippen LogP contribution in [-0.4, -0.2) is 20.8 Å². The quantitative estimate of drug-likeness (QED) is 0.297. The minimum absolute atomic E-state index is 0.0705. The molecule has 1 saturated heterocycles. The molecule has 0 aliphatic carbocycles. The van der Waals surface area contributed by atoms with Gasteiger partial charge in [-0.05, 0) is 92.8 Å². The molecule has 0 bridgehead atoms. The summed E-state index contributed by atoms with van der Waals surface area (Å²) in [5.74, 6) is 0.341. The van der Waals surface area contributed by atoms with Crippen molar-refractivity contribution >= 4 is 34.6 Å². The van der Waals surface area contributed by atoms with Crippen molar-refractivity contribution in [1.29, 1.82) is 0 Å². The minimum Gasteiger partial charge on any atom is -0.491 e. The second-order valence-corrected chi connectivity index (χ2v) is 9.35. The van der Waals surface area contributed by atoms with Crippen LogP contribution in [0.5, 0.6) is 5.75 Å². The number of benzene rings is 2. The second-order valence-electron chi connectivity index (χ2n) is 8.56. The van der Waals surface area contributed by atoms with Crippen LogP contribution >= 0.6 is 23.8 Å². The maximum atomic E-state index is 13.9. The Morgan fingerprint density at radius 2 is 1.80 bits per heavy atom. The predicted octanol–water partition coefficient (Wildman–Crippen LogP) is 6.63. The van der Waals surface area contributed by atoms with Gasteiger partial charge in [-0.25, -0.2) is 4.39 Å². The largest absolute Gasteiger partial charge is 0.491 e. The molecule has 0 radical (unpaired) electrons. The van der Waals surface area contributed by atoms with Gasteiger partial charge in [0.25, 0.3) is 0 Å². The SMILES string of the molecule is CC(C)Oc1ccc(N2C(=S)N[C@H](c3ccccn3)[C@H]2c2cccn2-c2ccc(F)c(Cl)c2)cc1. The molecule has 35 heavy (non-hydrogen) atoms. The molecule has 5 rings (SSSR count). The van der Waals surface area contributed by atoms with Gasteiger partial charge in [-0.15, -0.1) is 0 Å². The van der Waals surface area contributed by atoms with Crippen LogP contribution in [0.1, 0.15) is 37.3 Å². The number of nitrogens with zero attached hydrogens (tertiary/aromatic N) is 3. The summed E-state index contributed by atoms with van der Waals surface area (Å²) in [5.41, 5.74) is 3.51. The number of aromatic nitrogens is 2. The molecular weight excluding hydrogens is 483 g/mol. The Hall–Kier alpha value is -3.42. The fourth-order valence-corrected chi connectivity index (χ4v) is 4.92. The van der Waals surface area contributed by atoms with Gasteiger partial charge in [-0.1, -0.05) is 17.7 Å². The normalized spacial score (nSPS) is 17.6. The number of rotatable bonds is 6. The summed E-state index contributed by atoms with van der Waals surface area (Å²) < 4.78 is 21.7. The van der Waals surface area contributed by atoms with Gasteiger partial charge < -0.3 is 19.5 Å². The third-order valence-electron chi connectivity index (χ3n) is 5.85. The summed E-state index contributed by atoms with van der Waals surface area (Å²) >= 11 is 11.9. The van der Waals surface area contributed by atoms with Crippen molar-refractivity contribution in [1.82, 2.24) is 14.9 Å². The van der Waals surface area contributed by atoms with E-state index in [9.17, 15) is 4.39 Å². The molecule has 3 heterocycles.